The molecule has 0 radical (unpaired) electrons. The summed E-state index contributed by atoms with van der Waals surface area (Å²) in [6.45, 7) is 1.91. The van der Waals surface area contributed by atoms with Gasteiger partial charge in [-0.1, -0.05) is 18.2 Å². The van der Waals surface area contributed by atoms with Crippen LogP contribution in [0.1, 0.15) is 24.8 Å². The normalized spacial score (nSPS) is 17.2. The summed E-state index contributed by atoms with van der Waals surface area (Å²) in [4.78, 5) is 19.9. The molecule has 1 amide bonds. The molecular formula is C26H26N4O3S. The monoisotopic (exact) mass is 474 g/mol. The van der Waals surface area contributed by atoms with Gasteiger partial charge in [-0.2, -0.15) is 10.1 Å². The molecule has 5 rings (SSSR count). The number of hydrogen-bond acceptors (Lipinski definition) is 6. The number of thioether (sulfide) groups is 1. The van der Waals surface area contributed by atoms with Crippen molar-refractivity contribution >= 4 is 28.9 Å². The number of aliphatic imine (C=N–C) groups is 1. The Hall–Kier alpha value is -3.52. The third-order valence-corrected chi connectivity index (χ3v) is 6.99. The Balaban J connectivity index is 1.54. The molecule has 2 aromatic carbocycles. The van der Waals surface area contributed by atoms with E-state index in [1.807, 2.05) is 65.5 Å². The zero-order chi connectivity index (χ0) is 23.5. The summed E-state index contributed by atoms with van der Waals surface area (Å²) in [6, 6.07) is 15.6. The predicted octanol–water partition coefficient (Wildman–Crippen LogP) is 5.01. The summed E-state index contributed by atoms with van der Waals surface area (Å²) >= 11 is 1.45. The van der Waals surface area contributed by atoms with Crippen LogP contribution in [-0.4, -0.2) is 53.1 Å². The Bertz CT molecular complexity index is 1260. The molecule has 0 saturated carbocycles. The van der Waals surface area contributed by atoms with Crippen molar-refractivity contribution in [2.45, 2.75) is 19.3 Å². The Morgan fingerprint density at radius 2 is 1.74 bits per heavy atom. The lowest BCUT2D eigenvalue weighted by Gasteiger charge is -2.27. The molecule has 34 heavy (non-hydrogen) atoms. The molecule has 0 unspecified atom stereocenters. The number of rotatable bonds is 5. The van der Waals surface area contributed by atoms with Gasteiger partial charge in [0, 0.05) is 30.4 Å². The van der Waals surface area contributed by atoms with Crippen LogP contribution in [0.2, 0.25) is 0 Å². The average molecular weight is 475 g/mol. The molecule has 0 bridgehead atoms. The highest BCUT2D eigenvalue weighted by Crippen LogP contribution is 2.36. The van der Waals surface area contributed by atoms with E-state index in [9.17, 15) is 4.79 Å². The van der Waals surface area contributed by atoms with Crippen molar-refractivity contribution in [2.75, 3.05) is 27.3 Å². The van der Waals surface area contributed by atoms with E-state index in [2.05, 4.69) is 9.89 Å². The summed E-state index contributed by atoms with van der Waals surface area (Å²) in [5.74, 6) is 1.07. The Morgan fingerprint density at radius 1 is 0.971 bits per heavy atom. The molecule has 1 aromatic heterocycles. The maximum atomic E-state index is 12.8. The number of methoxy groups -OCH3 is 2. The molecule has 2 aliphatic heterocycles. The standard InChI is InChI=1S/C26H26N4O3S/c1-32-21-12-11-18(15-22(21)33-2)24-19(17-30(28-24)20-9-5-3-6-10-20)16-23-25(31)27-26(34-23)29-13-7-4-8-14-29/h3,5-6,9-12,15-17H,4,7-8,13-14H2,1-2H3/b23-16-. The number of piperidine rings is 1. The second-order valence-electron chi connectivity index (χ2n) is 8.14. The van der Waals surface area contributed by atoms with Crippen LogP contribution in [0, 0.1) is 0 Å². The molecule has 2 aliphatic rings. The molecule has 3 aromatic rings. The van der Waals surface area contributed by atoms with Crippen LogP contribution in [0.25, 0.3) is 23.0 Å². The quantitative estimate of drug-likeness (QED) is 0.484. The van der Waals surface area contributed by atoms with Crippen molar-refractivity contribution in [2.24, 2.45) is 4.99 Å². The van der Waals surface area contributed by atoms with Gasteiger partial charge in [-0.05, 0) is 67.4 Å². The Morgan fingerprint density at radius 3 is 2.47 bits per heavy atom. The predicted molar refractivity (Wildman–Crippen MR) is 136 cm³/mol. The highest BCUT2D eigenvalue weighted by atomic mass is 32.2. The molecule has 0 atom stereocenters. The second-order valence-corrected chi connectivity index (χ2v) is 9.15. The number of ether oxygens (including phenoxy) is 2. The van der Waals surface area contributed by atoms with E-state index < -0.39 is 0 Å². The molecule has 3 heterocycles. The molecule has 0 N–H and O–H groups in total. The number of benzene rings is 2. The topological polar surface area (TPSA) is 69.0 Å². The van der Waals surface area contributed by atoms with Gasteiger partial charge in [0.05, 0.1) is 24.8 Å². The lowest BCUT2D eigenvalue weighted by Crippen LogP contribution is -2.33. The van der Waals surface area contributed by atoms with Crippen molar-refractivity contribution in [3.63, 3.8) is 0 Å². The highest BCUT2D eigenvalue weighted by molar-refractivity contribution is 8.18. The van der Waals surface area contributed by atoms with E-state index >= 15 is 0 Å². The van der Waals surface area contributed by atoms with Gasteiger partial charge in [0.1, 0.15) is 5.69 Å². The minimum Gasteiger partial charge on any atom is -0.493 e. The first-order chi connectivity index (χ1) is 16.7. The molecule has 174 valence electrons. The van der Waals surface area contributed by atoms with E-state index in [-0.39, 0.29) is 5.91 Å². The van der Waals surface area contributed by atoms with Gasteiger partial charge < -0.3 is 14.4 Å². The summed E-state index contributed by atoms with van der Waals surface area (Å²) in [5, 5.41) is 5.67. The average Bonchev–Trinajstić information content (AvgIpc) is 3.48. The SMILES string of the molecule is COc1ccc(-c2nn(-c3ccccc3)cc2/C=C2\SC(N3CCCCC3)=NC2=O)cc1OC. The van der Waals surface area contributed by atoms with Crippen LogP contribution in [-0.2, 0) is 4.79 Å². The van der Waals surface area contributed by atoms with Gasteiger partial charge in [0.15, 0.2) is 16.7 Å². The van der Waals surface area contributed by atoms with Crippen LogP contribution in [0.5, 0.6) is 11.5 Å². The maximum absolute atomic E-state index is 12.8. The fraction of sp³-hybridized carbons (Fsp3) is 0.269. The largest absolute Gasteiger partial charge is 0.493 e. The smallest absolute Gasteiger partial charge is 0.286 e. The second kappa shape index (κ2) is 9.77. The third-order valence-electron chi connectivity index (χ3n) is 5.94. The first-order valence-corrected chi connectivity index (χ1v) is 12.1. The number of likely N-dealkylation sites (tertiary alicyclic amines) is 1. The van der Waals surface area contributed by atoms with Crippen LogP contribution < -0.4 is 9.47 Å². The molecule has 0 spiro atoms. The Kier molecular flexibility index (Phi) is 6.40. The van der Waals surface area contributed by atoms with Crippen LogP contribution >= 0.6 is 11.8 Å². The highest BCUT2D eigenvalue weighted by Gasteiger charge is 2.27. The van der Waals surface area contributed by atoms with Gasteiger partial charge in [-0.15, -0.1) is 0 Å². The van der Waals surface area contributed by atoms with Crippen LogP contribution in [0.3, 0.4) is 0 Å². The van der Waals surface area contributed by atoms with Crippen molar-refractivity contribution in [3.8, 4) is 28.4 Å². The molecule has 0 aliphatic carbocycles. The number of amides is 1. The van der Waals surface area contributed by atoms with E-state index in [1.165, 1.54) is 18.2 Å². The van der Waals surface area contributed by atoms with E-state index in [0.717, 1.165) is 53.6 Å². The minimum atomic E-state index is -0.198. The van der Waals surface area contributed by atoms with Gasteiger partial charge in [-0.25, -0.2) is 4.68 Å². The zero-order valence-corrected chi connectivity index (χ0v) is 20.0. The molecular weight excluding hydrogens is 448 g/mol. The van der Waals surface area contributed by atoms with E-state index in [4.69, 9.17) is 14.6 Å². The first-order valence-electron chi connectivity index (χ1n) is 11.3. The zero-order valence-electron chi connectivity index (χ0n) is 19.2. The molecule has 1 saturated heterocycles. The van der Waals surface area contributed by atoms with E-state index in [0.29, 0.717) is 16.4 Å². The van der Waals surface area contributed by atoms with E-state index in [1.54, 1.807) is 14.2 Å². The fourth-order valence-corrected chi connectivity index (χ4v) is 5.13. The Labute approximate surface area is 203 Å². The van der Waals surface area contributed by atoms with Crippen molar-refractivity contribution in [3.05, 3.63) is 65.2 Å². The molecule has 1 fully saturated rings. The lowest BCUT2D eigenvalue weighted by atomic mass is 10.1. The van der Waals surface area contributed by atoms with Gasteiger partial charge in [0.25, 0.3) is 5.91 Å². The van der Waals surface area contributed by atoms with Crippen molar-refractivity contribution in [1.82, 2.24) is 14.7 Å². The summed E-state index contributed by atoms with van der Waals surface area (Å²) < 4.78 is 12.7. The number of aromatic nitrogens is 2. The molecule has 8 heteroatoms. The van der Waals surface area contributed by atoms with Gasteiger partial charge in [-0.3, -0.25) is 4.79 Å². The van der Waals surface area contributed by atoms with Crippen LogP contribution in [0.15, 0.2) is 64.6 Å². The third kappa shape index (κ3) is 4.46. The number of hydrogen-bond donors (Lipinski definition) is 0. The number of carbonyl (C=O) groups is 1. The van der Waals surface area contributed by atoms with Crippen molar-refractivity contribution < 1.29 is 14.3 Å². The minimum absolute atomic E-state index is 0.198. The summed E-state index contributed by atoms with van der Waals surface area (Å²) in [6.07, 6.45) is 7.35. The van der Waals surface area contributed by atoms with Gasteiger partial charge >= 0.3 is 0 Å². The number of para-hydroxylation sites is 1. The van der Waals surface area contributed by atoms with Crippen molar-refractivity contribution in [1.29, 1.82) is 0 Å². The number of carbonyl (C=O) groups excluding carboxylic acids is 1. The lowest BCUT2D eigenvalue weighted by molar-refractivity contribution is -0.113. The summed E-state index contributed by atoms with van der Waals surface area (Å²) in [5.41, 5.74) is 3.38. The number of nitrogens with zero attached hydrogens (tertiary/aromatic N) is 4. The summed E-state index contributed by atoms with van der Waals surface area (Å²) in [7, 11) is 3.22. The first kappa shape index (κ1) is 22.3. The maximum Gasteiger partial charge on any atom is 0.286 e. The number of amidine groups is 1. The van der Waals surface area contributed by atoms with Crippen LogP contribution in [0.4, 0.5) is 0 Å². The molecule has 7 nitrogen and oxygen atoms in total. The van der Waals surface area contributed by atoms with Gasteiger partial charge in [0.2, 0.25) is 0 Å². The fourth-order valence-electron chi connectivity index (χ4n) is 4.17.